The summed E-state index contributed by atoms with van der Waals surface area (Å²) in [6.45, 7) is 6.25. The van der Waals surface area contributed by atoms with Crippen LogP contribution < -0.4 is 15.8 Å². The van der Waals surface area contributed by atoms with Crippen LogP contribution in [0.5, 0.6) is 11.5 Å². The normalized spacial score (nSPS) is 34.0. The molecule has 9 nitrogen and oxygen atoms in total. The van der Waals surface area contributed by atoms with Crippen LogP contribution in [0.15, 0.2) is 12.1 Å². The highest BCUT2D eigenvalue weighted by atomic mass is 16.6. The van der Waals surface area contributed by atoms with Gasteiger partial charge in [0.25, 0.3) is 0 Å². The molecule has 4 aliphatic rings. The molecule has 4 N–H and O–H groups in total. The highest BCUT2D eigenvalue weighted by Gasteiger charge is 2.73. The van der Waals surface area contributed by atoms with Crippen molar-refractivity contribution in [2.75, 3.05) is 20.7 Å². The summed E-state index contributed by atoms with van der Waals surface area (Å²) >= 11 is 0. The maximum Gasteiger partial charge on any atom is 0.324 e. The van der Waals surface area contributed by atoms with Crippen LogP contribution in [0.1, 0.15) is 57.6 Å². The molecule has 2 aliphatic carbocycles. The molecule has 1 aromatic carbocycles. The predicted octanol–water partition coefficient (Wildman–Crippen LogP) is 1.37. The first-order valence-electron chi connectivity index (χ1n) is 12.5. The van der Waals surface area contributed by atoms with E-state index in [1.807, 2.05) is 6.07 Å². The van der Waals surface area contributed by atoms with Crippen molar-refractivity contribution in [3.8, 4) is 11.5 Å². The average Bonchev–Trinajstić information content (AvgIpc) is 3.13. The van der Waals surface area contributed by atoms with Crippen molar-refractivity contribution in [1.29, 1.82) is 0 Å². The lowest BCUT2D eigenvalue weighted by atomic mass is 9.48. The maximum atomic E-state index is 13.0. The van der Waals surface area contributed by atoms with Gasteiger partial charge in [0.05, 0.1) is 17.4 Å². The van der Waals surface area contributed by atoms with E-state index in [1.54, 1.807) is 33.9 Å². The Kier molecular flexibility index (Phi) is 5.62. The number of hydrogen-bond acceptors (Lipinski definition) is 8. The Bertz CT molecular complexity index is 1050. The fraction of sp³-hybridized carbons (Fsp3) is 0.692. The van der Waals surface area contributed by atoms with Gasteiger partial charge < -0.3 is 30.0 Å². The lowest BCUT2D eigenvalue weighted by Crippen LogP contribution is -2.78. The molecule has 35 heavy (non-hydrogen) atoms. The third-order valence-corrected chi connectivity index (χ3v) is 8.57. The van der Waals surface area contributed by atoms with Crippen molar-refractivity contribution >= 4 is 11.9 Å². The zero-order chi connectivity index (χ0) is 25.3. The molecule has 2 fully saturated rings. The van der Waals surface area contributed by atoms with Gasteiger partial charge in [-0.1, -0.05) is 6.07 Å². The van der Waals surface area contributed by atoms with Crippen molar-refractivity contribution in [3.05, 3.63) is 23.3 Å². The van der Waals surface area contributed by atoms with Gasteiger partial charge in [0, 0.05) is 24.8 Å². The number of nitrogens with zero attached hydrogens (tertiary/aromatic N) is 1. The topological polar surface area (TPSA) is 123 Å². The summed E-state index contributed by atoms with van der Waals surface area (Å²) in [6, 6.07) is 2.72. The number of rotatable bonds is 6. The number of phenolic OH excluding ortho intramolecular Hbond substituents is 1. The summed E-state index contributed by atoms with van der Waals surface area (Å²) in [5.74, 6) is -0.452. The lowest BCUT2D eigenvalue weighted by Gasteiger charge is -2.65. The maximum absolute atomic E-state index is 13.0. The number of aromatic hydroxyl groups is 1. The number of methoxy groups -OCH3 is 1. The third-order valence-electron chi connectivity index (χ3n) is 8.57. The molecule has 2 aliphatic heterocycles. The van der Waals surface area contributed by atoms with Crippen molar-refractivity contribution in [3.63, 3.8) is 0 Å². The Morgan fingerprint density at radius 1 is 1.34 bits per heavy atom. The van der Waals surface area contributed by atoms with Crippen LogP contribution in [0.25, 0.3) is 0 Å². The van der Waals surface area contributed by atoms with E-state index in [4.69, 9.17) is 19.9 Å². The van der Waals surface area contributed by atoms with Gasteiger partial charge in [-0.3, -0.25) is 14.9 Å². The molecule has 1 saturated carbocycles. The molecule has 2 unspecified atom stereocenters. The molecule has 9 heteroatoms. The van der Waals surface area contributed by atoms with Gasteiger partial charge in [-0.15, -0.1) is 0 Å². The van der Waals surface area contributed by atoms with Crippen LogP contribution in [-0.2, 0) is 30.9 Å². The van der Waals surface area contributed by atoms with Gasteiger partial charge in [0.2, 0.25) is 5.91 Å². The van der Waals surface area contributed by atoms with Crippen molar-refractivity contribution in [1.82, 2.24) is 10.2 Å². The number of phenols is 1. The summed E-state index contributed by atoms with van der Waals surface area (Å²) < 4.78 is 18.6. The number of carbonyl (C=O) groups excluding carboxylic acids is 2. The molecular weight excluding hydrogens is 450 g/mol. The second-order valence-corrected chi connectivity index (χ2v) is 11.6. The van der Waals surface area contributed by atoms with Gasteiger partial charge in [-0.25, -0.2) is 0 Å². The minimum Gasteiger partial charge on any atom is -0.504 e. The number of esters is 1. The summed E-state index contributed by atoms with van der Waals surface area (Å²) in [4.78, 5) is 27.3. The van der Waals surface area contributed by atoms with Crippen molar-refractivity contribution in [2.45, 2.75) is 93.7 Å². The molecule has 1 amide bonds. The summed E-state index contributed by atoms with van der Waals surface area (Å²) in [5, 5.41) is 14.2. The van der Waals surface area contributed by atoms with Gasteiger partial charge in [-0.2, -0.15) is 0 Å². The molecule has 1 saturated heterocycles. The number of nitrogens with two attached hydrogens (primary N) is 1. The molecule has 0 aromatic heterocycles. The van der Waals surface area contributed by atoms with E-state index in [9.17, 15) is 14.7 Å². The minimum atomic E-state index is -0.894. The predicted molar refractivity (Wildman–Crippen MR) is 128 cm³/mol. The Morgan fingerprint density at radius 2 is 2.09 bits per heavy atom. The minimum absolute atomic E-state index is 0.120. The van der Waals surface area contributed by atoms with E-state index in [2.05, 4.69) is 17.3 Å². The monoisotopic (exact) mass is 487 g/mol. The molecule has 5 rings (SSSR count). The van der Waals surface area contributed by atoms with Gasteiger partial charge in [-0.05, 0) is 71.7 Å². The molecule has 2 bridgehead atoms. The molecule has 192 valence electrons. The molecule has 1 aromatic rings. The van der Waals surface area contributed by atoms with Crippen LogP contribution in [0.4, 0.5) is 0 Å². The smallest absolute Gasteiger partial charge is 0.324 e. The van der Waals surface area contributed by atoms with E-state index in [1.165, 1.54) is 5.56 Å². The van der Waals surface area contributed by atoms with Gasteiger partial charge in [0.15, 0.2) is 11.5 Å². The fourth-order valence-corrected chi connectivity index (χ4v) is 7.35. The van der Waals surface area contributed by atoms with Crippen LogP contribution in [0, 0.1) is 0 Å². The highest BCUT2D eigenvalue weighted by molar-refractivity contribution is 5.84. The zero-order valence-corrected chi connectivity index (χ0v) is 21.2. The number of likely N-dealkylation sites (tertiary alicyclic amines) is 1. The molecular formula is C26H37N3O6. The number of primary amides is 1. The van der Waals surface area contributed by atoms with Gasteiger partial charge >= 0.3 is 5.97 Å². The van der Waals surface area contributed by atoms with E-state index in [0.717, 1.165) is 31.4 Å². The largest absolute Gasteiger partial charge is 0.504 e. The number of ether oxygens (including phenoxy) is 3. The Labute approximate surface area is 206 Å². The Hall–Kier alpha value is -2.36. The molecule has 1 spiro atoms. The Morgan fingerprint density at radius 3 is 2.74 bits per heavy atom. The summed E-state index contributed by atoms with van der Waals surface area (Å²) in [5.41, 5.74) is 6.06. The summed E-state index contributed by atoms with van der Waals surface area (Å²) in [6.07, 6.45) is 2.50. The van der Waals surface area contributed by atoms with E-state index >= 15 is 0 Å². The highest BCUT2D eigenvalue weighted by Crippen LogP contribution is 2.66. The number of hydrogen-bond donors (Lipinski definition) is 3. The number of benzene rings is 1. The van der Waals surface area contributed by atoms with Crippen molar-refractivity contribution in [2.24, 2.45) is 5.73 Å². The number of amides is 1. The molecule has 2 heterocycles. The fourth-order valence-electron chi connectivity index (χ4n) is 7.35. The first-order valence-corrected chi connectivity index (χ1v) is 12.5. The third kappa shape index (κ3) is 3.46. The Balaban J connectivity index is 1.56. The van der Waals surface area contributed by atoms with E-state index < -0.39 is 34.5 Å². The van der Waals surface area contributed by atoms with E-state index in [-0.39, 0.29) is 30.4 Å². The van der Waals surface area contributed by atoms with Crippen LogP contribution in [0.2, 0.25) is 0 Å². The zero-order valence-electron chi connectivity index (χ0n) is 21.2. The number of nitrogens with one attached hydrogen (secondary N) is 1. The van der Waals surface area contributed by atoms with E-state index in [0.29, 0.717) is 12.2 Å². The quantitative estimate of drug-likeness (QED) is 0.514. The first kappa shape index (κ1) is 24.3. The number of carbonyl (C=O) groups is 2. The lowest BCUT2D eigenvalue weighted by molar-refractivity contribution is -0.204. The average molecular weight is 488 g/mol. The van der Waals surface area contributed by atoms with Crippen LogP contribution in [0.3, 0.4) is 0 Å². The molecule has 0 radical (unpaired) electrons. The number of likely N-dealkylation sites (N-methyl/N-ethyl adjacent to an activating group) is 1. The van der Waals surface area contributed by atoms with Gasteiger partial charge in [0.1, 0.15) is 17.7 Å². The van der Waals surface area contributed by atoms with Crippen LogP contribution in [-0.4, -0.2) is 78.0 Å². The second kappa shape index (κ2) is 8.08. The van der Waals surface area contributed by atoms with Crippen LogP contribution >= 0.6 is 0 Å². The van der Waals surface area contributed by atoms with Crippen molar-refractivity contribution < 1.29 is 28.9 Å². The SMILES string of the molecule is CO[C@@]12CC[C@@H](N[C@@H](CC(N)=O)C(=O)OC(C)(C)C)[C@@H]3Oc4c(O)ccc5c4C31CCN(C)C2C5. The summed E-state index contributed by atoms with van der Waals surface area (Å²) in [7, 11) is 3.92. The molecule has 6 atom stereocenters. The second-order valence-electron chi connectivity index (χ2n) is 11.6. The number of piperidine rings is 1. The first-order chi connectivity index (χ1) is 16.4. The standard InChI is InChI=1S/C26H37N3O6/c1-24(2,3)35-23(32)16(13-19(27)31)28-15-8-9-26(33-5)18-12-14-6-7-17(30)21-20(14)25(26,22(15)34-21)10-11-29(18)4/h6-7,15-16,18,22,28,30H,8-13H2,1-5H3,(H2,27,31)/t15-,16+,18?,22+,25?,26-/m1/s1.